The minimum Gasteiger partial charge on any atom is -0.481 e. The Morgan fingerprint density at radius 1 is 1.13 bits per heavy atom. The van der Waals surface area contributed by atoms with Crippen LogP contribution in [0.15, 0.2) is 65.6 Å². The second kappa shape index (κ2) is 10.0. The number of fused-ring (bicyclic) bond motifs is 3. The first-order valence-electron chi connectivity index (χ1n) is 12.7. The van der Waals surface area contributed by atoms with Crippen LogP contribution in [0.4, 0.5) is 4.79 Å². The highest BCUT2D eigenvalue weighted by Crippen LogP contribution is 2.41. The van der Waals surface area contributed by atoms with Crippen LogP contribution in [0.1, 0.15) is 50.1 Å². The van der Waals surface area contributed by atoms with Crippen LogP contribution in [-0.4, -0.2) is 41.3 Å². The average Bonchev–Trinajstić information content (AvgIpc) is 3.49. The first-order chi connectivity index (χ1) is 18.5. The van der Waals surface area contributed by atoms with Crippen LogP contribution in [0.3, 0.4) is 0 Å². The summed E-state index contributed by atoms with van der Waals surface area (Å²) in [5.41, 5.74) is 3.11. The zero-order valence-electron chi connectivity index (χ0n) is 22.3. The molecule has 5 rings (SSSR count). The topological polar surface area (TPSA) is 120 Å². The molecule has 1 aliphatic carbocycles. The zero-order chi connectivity index (χ0) is 27.9. The lowest BCUT2D eigenvalue weighted by Crippen LogP contribution is -2.34. The molecule has 0 saturated carbocycles. The molecule has 0 fully saturated rings. The van der Waals surface area contributed by atoms with Crippen LogP contribution in [0, 0.1) is 0 Å². The number of methoxy groups -OCH3 is 1. The van der Waals surface area contributed by atoms with Gasteiger partial charge >= 0.3 is 6.09 Å². The number of nitrogens with zero attached hydrogens (tertiary/aromatic N) is 2. The summed E-state index contributed by atoms with van der Waals surface area (Å²) in [5, 5.41) is 13.5. The number of carbonyl (C=O) groups excluding carboxylic acids is 1. The van der Waals surface area contributed by atoms with Gasteiger partial charge in [-0.3, -0.25) is 0 Å². The minimum absolute atomic E-state index is 0.150. The average molecular weight is 550 g/mol. The first-order valence-corrected chi connectivity index (χ1v) is 14.1. The normalized spacial score (nSPS) is 15.3. The number of ether oxygens (including phenoxy) is 2. The molecule has 1 amide bonds. The number of nitrogens with one attached hydrogen (secondary N) is 1. The van der Waals surface area contributed by atoms with Crippen molar-refractivity contribution in [3.8, 4) is 17.1 Å². The molecule has 0 bridgehead atoms. The molecule has 204 valence electrons. The fourth-order valence-corrected chi connectivity index (χ4v) is 6.58. The summed E-state index contributed by atoms with van der Waals surface area (Å²) in [6.45, 7) is 5.11. The Hall–Kier alpha value is -3.89. The molecule has 0 saturated heterocycles. The number of alkyl carbamates (subject to hydrolysis) is 1. The molecule has 1 atom stereocenters. The molecule has 0 unspecified atom stereocenters. The van der Waals surface area contributed by atoms with Crippen LogP contribution in [0.2, 0.25) is 0 Å². The van der Waals surface area contributed by atoms with E-state index >= 15 is 0 Å². The number of carbonyl (C=O) groups is 1. The Labute approximate surface area is 227 Å². The fraction of sp³-hybridized carbons (Fsp3) is 0.310. The fourth-order valence-electron chi connectivity index (χ4n) is 5.03. The molecule has 2 heterocycles. The minimum atomic E-state index is -4.01. The van der Waals surface area contributed by atoms with E-state index in [2.05, 4.69) is 10.3 Å². The molecule has 1 aliphatic rings. The van der Waals surface area contributed by atoms with Crippen molar-refractivity contribution in [3.05, 3.63) is 77.5 Å². The van der Waals surface area contributed by atoms with Gasteiger partial charge in [0.15, 0.2) is 0 Å². The Morgan fingerprint density at radius 3 is 2.54 bits per heavy atom. The lowest BCUT2D eigenvalue weighted by atomic mass is 10.0. The highest BCUT2D eigenvalue weighted by Gasteiger charge is 2.31. The number of amides is 1. The molecular weight excluding hydrogens is 518 g/mol. The molecule has 2 aromatic carbocycles. The maximum absolute atomic E-state index is 14.0. The molecule has 4 aromatic rings. The van der Waals surface area contributed by atoms with Gasteiger partial charge < -0.3 is 19.9 Å². The van der Waals surface area contributed by atoms with Gasteiger partial charge in [0, 0.05) is 17.0 Å². The summed E-state index contributed by atoms with van der Waals surface area (Å²) in [4.78, 5) is 16.9. The van der Waals surface area contributed by atoms with Crippen LogP contribution >= 0.6 is 0 Å². The lowest BCUT2D eigenvalue weighted by molar-refractivity contribution is 0.0503. The number of pyridine rings is 1. The van der Waals surface area contributed by atoms with Crippen LogP contribution in [-0.2, 0) is 27.8 Å². The monoisotopic (exact) mass is 549 g/mol. The highest BCUT2D eigenvalue weighted by molar-refractivity contribution is 7.90. The molecule has 0 radical (unpaired) electrons. The predicted octanol–water partition coefficient (Wildman–Crippen LogP) is 4.95. The van der Waals surface area contributed by atoms with Crippen molar-refractivity contribution in [1.29, 1.82) is 0 Å². The number of aliphatic hydroxyl groups is 1. The molecule has 2 aromatic heterocycles. The summed E-state index contributed by atoms with van der Waals surface area (Å²) in [7, 11) is -2.54. The van der Waals surface area contributed by atoms with Crippen molar-refractivity contribution >= 4 is 27.0 Å². The summed E-state index contributed by atoms with van der Waals surface area (Å²) in [6, 6.07) is 16.8. The molecule has 39 heavy (non-hydrogen) atoms. The van der Waals surface area contributed by atoms with E-state index in [1.807, 2.05) is 32.9 Å². The van der Waals surface area contributed by atoms with Crippen LogP contribution < -0.4 is 10.1 Å². The van der Waals surface area contributed by atoms with Crippen molar-refractivity contribution in [1.82, 2.24) is 14.3 Å². The number of hydrogen-bond acceptors (Lipinski definition) is 7. The van der Waals surface area contributed by atoms with Crippen LogP contribution in [0.25, 0.3) is 22.2 Å². The number of rotatable bonds is 6. The number of hydrogen-bond donors (Lipinski definition) is 2. The second-order valence-electron chi connectivity index (χ2n) is 10.5. The largest absolute Gasteiger partial charge is 0.481 e. The number of aliphatic hydroxyl groups excluding tert-OH is 1. The third-order valence-electron chi connectivity index (χ3n) is 6.64. The zero-order valence-corrected chi connectivity index (χ0v) is 23.1. The number of aryl methyl sites for hydroxylation is 1. The molecule has 10 heteroatoms. The van der Waals surface area contributed by atoms with E-state index in [1.54, 1.807) is 48.5 Å². The van der Waals surface area contributed by atoms with Gasteiger partial charge in [0.2, 0.25) is 5.88 Å². The summed E-state index contributed by atoms with van der Waals surface area (Å²) >= 11 is 0. The molecule has 0 spiro atoms. The summed E-state index contributed by atoms with van der Waals surface area (Å²) < 4.78 is 40.2. The van der Waals surface area contributed by atoms with Gasteiger partial charge in [0.1, 0.15) is 5.60 Å². The maximum atomic E-state index is 14.0. The van der Waals surface area contributed by atoms with E-state index in [4.69, 9.17) is 9.47 Å². The number of aromatic nitrogens is 2. The first kappa shape index (κ1) is 26.7. The maximum Gasteiger partial charge on any atom is 0.408 e. The Kier molecular flexibility index (Phi) is 6.86. The highest BCUT2D eigenvalue weighted by atomic mass is 32.2. The summed E-state index contributed by atoms with van der Waals surface area (Å²) in [5.74, 6) is 0.261. The third kappa shape index (κ3) is 5.09. The molecule has 2 N–H and O–H groups in total. The van der Waals surface area contributed by atoms with Gasteiger partial charge in [0.05, 0.1) is 41.6 Å². The molecule has 9 nitrogen and oxygen atoms in total. The van der Waals surface area contributed by atoms with Crippen molar-refractivity contribution in [2.75, 3.05) is 7.11 Å². The van der Waals surface area contributed by atoms with Gasteiger partial charge in [-0.05, 0) is 75.1 Å². The third-order valence-corrected chi connectivity index (χ3v) is 8.38. The van der Waals surface area contributed by atoms with E-state index in [1.165, 1.54) is 11.1 Å². The van der Waals surface area contributed by atoms with Gasteiger partial charge in [-0.1, -0.05) is 24.3 Å². The number of benzene rings is 2. The van der Waals surface area contributed by atoms with Crippen molar-refractivity contribution < 1.29 is 27.8 Å². The van der Waals surface area contributed by atoms with Gasteiger partial charge in [-0.15, -0.1) is 0 Å². The van der Waals surface area contributed by atoms with E-state index in [0.29, 0.717) is 35.3 Å². The van der Waals surface area contributed by atoms with Crippen molar-refractivity contribution in [3.63, 3.8) is 0 Å². The molecule has 0 aliphatic heterocycles. The van der Waals surface area contributed by atoms with E-state index < -0.39 is 21.7 Å². The van der Waals surface area contributed by atoms with E-state index in [0.717, 1.165) is 16.5 Å². The van der Waals surface area contributed by atoms with E-state index in [-0.39, 0.29) is 23.4 Å². The lowest BCUT2D eigenvalue weighted by Gasteiger charge is -2.22. The van der Waals surface area contributed by atoms with Crippen molar-refractivity contribution in [2.45, 2.75) is 56.8 Å². The van der Waals surface area contributed by atoms with Gasteiger partial charge in [-0.2, -0.15) is 0 Å². The Morgan fingerprint density at radius 2 is 1.87 bits per heavy atom. The smallest absolute Gasteiger partial charge is 0.408 e. The van der Waals surface area contributed by atoms with Crippen LogP contribution in [0.5, 0.6) is 5.88 Å². The quantitative estimate of drug-likeness (QED) is 0.349. The van der Waals surface area contributed by atoms with Crippen molar-refractivity contribution in [2.24, 2.45) is 0 Å². The molecular formula is C29H31N3O6S. The Balaban J connectivity index is 1.70. The van der Waals surface area contributed by atoms with Gasteiger partial charge in [0.25, 0.3) is 10.0 Å². The predicted molar refractivity (Wildman–Crippen MR) is 147 cm³/mol. The van der Waals surface area contributed by atoms with E-state index in [9.17, 15) is 18.3 Å². The second-order valence-corrected chi connectivity index (χ2v) is 12.3. The standard InChI is InChI=1S/C29H31N3O6S/c1-29(2,3)38-28(34)31-24-12-10-21-22(24)11-13-25-23(21)16-26(18-14-19(17-33)30-27(15-18)37-4)32(25)39(35,36)20-8-6-5-7-9-20/h5-9,11,13-16,24,33H,10,12,17H2,1-4H3,(H,31,34)/t24-/m1/s1. The Bertz CT molecular complexity index is 1630. The summed E-state index contributed by atoms with van der Waals surface area (Å²) in [6.07, 6.45) is 0.826. The SMILES string of the molecule is COc1cc(-c2cc3c4c(ccc3n2S(=O)(=O)c2ccccc2)[C@H](NC(=O)OC(C)(C)C)CC4)cc(CO)n1. The van der Waals surface area contributed by atoms with Gasteiger partial charge in [-0.25, -0.2) is 22.2 Å².